The first-order chi connectivity index (χ1) is 14.7. The fourth-order valence-electron chi connectivity index (χ4n) is 2.13. The Morgan fingerprint density at radius 1 is 0.600 bits per heavy atom. The molecule has 0 aromatic heterocycles. The molecular weight excluding hydrogens is 396 g/mol. The van der Waals surface area contributed by atoms with Gasteiger partial charge in [-0.2, -0.15) is 0 Å². The molecule has 0 aromatic carbocycles. The van der Waals surface area contributed by atoms with Gasteiger partial charge in [-0.15, -0.1) is 0 Å². The number of methoxy groups -OCH3 is 1. The normalized spacial score (nSPS) is 10.9. The zero-order valence-corrected chi connectivity index (χ0v) is 18.6. The summed E-state index contributed by atoms with van der Waals surface area (Å²) in [5, 5.41) is 5.51. The first kappa shape index (κ1) is 28.7. The molecule has 10 heteroatoms. The fraction of sp³-hybridized carbons (Fsp3) is 0.900. The molecule has 0 fully saturated rings. The maximum atomic E-state index is 11.5. The number of nitrogens with one attached hydrogen (secondary N) is 2. The highest BCUT2D eigenvalue weighted by atomic mass is 16.6. The van der Waals surface area contributed by atoms with Crippen LogP contribution in [0.5, 0.6) is 0 Å². The van der Waals surface area contributed by atoms with Gasteiger partial charge in [-0.1, -0.05) is 0 Å². The number of carbonyl (C=O) groups excluding carboxylic acids is 2. The van der Waals surface area contributed by atoms with Crippen molar-refractivity contribution in [3.8, 4) is 0 Å². The molecule has 0 aliphatic carbocycles. The van der Waals surface area contributed by atoms with Gasteiger partial charge in [0.1, 0.15) is 0 Å². The second-order valence-corrected chi connectivity index (χ2v) is 6.21. The summed E-state index contributed by atoms with van der Waals surface area (Å²) in [6, 6.07) is 0. The Morgan fingerprint density at radius 2 is 1.00 bits per heavy atom. The molecule has 178 valence electrons. The fourth-order valence-corrected chi connectivity index (χ4v) is 2.13. The largest absolute Gasteiger partial charge is 0.385 e. The molecule has 0 rings (SSSR count). The average molecular weight is 437 g/mol. The van der Waals surface area contributed by atoms with Crippen molar-refractivity contribution in [1.29, 1.82) is 0 Å². The van der Waals surface area contributed by atoms with Crippen LogP contribution in [0.2, 0.25) is 0 Å². The van der Waals surface area contributed by atoms with Crippen LogP contribution in [0, 0.1) is 0 Å². The van der Waals surface area contributed by atoms with E-state index in [0.29, 0.717) is 98.6 Å². The Bertz CT molecular complexity index is 399. The van der Waals surface area contributed by atoms with Crippen molar-refractivity contribution < 1.29 is 38.0 Å². The van der Waals surface area contributed by atoms with Gasteiger partial charge in [0.2, 0.25) is 11.8 Å². The Labute approximate surface area is 180 Å². The molecule has 0 heterocycles. The molecule has 0 radical (unpaired) electrons. The van der Waals surface area contributed by atoms with Crippen molar-refractivity contribution in [2.45, 2.75) is 26.2 Å². The molecule has 2 N–H and O–H groups in total. The number of hydrogen-bond acceptors (Lipinski definition) is 8. The zero-order valence-electron chi connectivity index (χ0n) is 18.6. The lowest BCUT2D eigenvalue weighted by atomic mass is 10.4. The van der Waals surface area contributed by atoms with Crippen LogP contribution in [-0.4, -0.2) is 105 Å². The molecule has 0 spiro atoms. The molecule has 2 amide bonds. The maximum Gasteiger partial charge on any atom is 0.222 e. The molecule has 0 saturated carbocycles. The summed E-state index contributed by atoms with van der Waals surface area (Å²) in [6.07, 6.45) is 1.52. The molecule has 0 aliphatic rings. The van der Waals surface area contributed by atoms with Gasteiger partial charge in [0, 0.05) is 39.6 Å². The predicted octanol–water partition coefficient (Wildman–Crippen LogP) is 0.138. The second-order valence-electron chi connectivity index (χ2n) is 6.21. The lowest BCUT2D eigenvalue weighted by Gasteiger charge is -2.08. The smallest absolute Gasteiger partial charge is 0.222 e. The van der Waals surface area contributed by atoms with Crippen molar-refractivity contribution in [3.63, 3.8) is 0 Å². The summed E-state index contributed by atoms with van der Waals surface area (Å²) >= 11 is 0. The number of amides is 2. The van der Waals surface area contributed by atoms with E-state index >= 15 is 0 Å². The summed E-state index contributed by atoms with van der Waals surface area (Å²) in [6.45, 7) is 8.31. The molecular formula is C20H40N2O8. The Balaban J connectivity index is 3.13. The second kappa shape index (κ2) is 24.0. The van der Waals surface area contributed by atoms with E-state index in [-0.39, 0.29) is 11.8 Å². The predicted molar refractivity (Wildman–Crippen MR) is 112 cm³/mol. The highest BCUT2D eigenvalue weighted by molar-refractivity contribution is 5.76. The van der Waals surface area contributed by atoms with E-state index in [2.05, 4.69) is 10.6 Å². The molecule has 0 saturated heterocycles. The summed E-state index contributed by atoms with van der Waals surface area (Å²) in [5.41, 5.74) is 0. The van der Waals surface area contributed by atoms with Crippen LogP contribution in [0.3, 0.4) is 0 Å². The summed E-state index contributed by atoms with van der Waals surface area (Å²) in [5.74, 6) is -0.0222. The summed E-state index contributed by atoms with van der Waals surface area (Å²) in [4.78, 5) is 22.7. The van der Waals surface area contributed by atoms with Gasteiger partial charge in [-0.25, -0.2) is 0 Å². The number of rotatable bonds is 23. The molecule has 0 atom stereocenters. The van der Waals surface area contributed by atoms with Gasteiger partial charge < -0.3 is 39.1 Å². The van der Waals surface area contributed by atoms with Crippen LogP contribution in [-0.2, 0) is 38.0 Å². The van der Waals surface area contributed by atoms with Gasteiger partial charge >= 0.3 is 0 Å². The minimum absolute atomic E-state index is 0.00239. The van der Waals surface area contributed by atoms with Crippen LogP contribution in [0.25, 0.3) is 0 Å². The lowest BCUT2D eigenvalue weighted by molar-refractivity contribution is -0.123. The SMILES string of the molecule is CCNC(=O)CCOCCOCCOCCOCCOCCC(=O)NCCCOC. The van der Waals surface area contributed by atoms with E-state index in [1.54, 1.807) is 7.11 Å². The molecule has 0 bridgehead atoms. The first-order valence-electron chi connectivity index (χ1n) is 10.6. The van der Waals surface area contributed by atoms with E-state index in [0.717, 1.165) is 6.42 Å². The van der Waals surface area contributed by atoms with Crippen molar-refractivity contribution in [1.82, 2.24) is 10.6 Å². The van der Waals surface area contributed by atoms with Gasteiger partial charge in [-0.3, -0.25) is 9.59 Å². The summed E-state index contributed by atoms with van der Waals surface area (Å²) in [7, 11) is 1.64. The number of carbonyl (C=O) groups is 2. The first-order valence-corrected chi connectivity index (χ1v) is 10.6. The van der Waals surface area contributed by atoms with Crippen molar-refractivity contribution in [2.75, 3.05) is 92.9 Å². The third kappa shape index (κ3) is 23.0. The van der Waals surface area contributed by atoms with Crippen LogP contribution < -0.4 is 10.6 Å². The number of hydrogen-bond donors (Lipinski definition) is 2. The Kier molecular flexibility index (Phi) is 22.9. The van der Waals surface area contributed by atoms with E-state index in [4.69, 9.17) is 28.4 Å². The minimum Gasteiger partial charge on any atom is -0.385 e. The zero-order chi connectivity index (χ0) is 22.1. The molecule has 0 aromatic rings. The molecule has 10 nitrogen and oxygen atoms in total. The topological polar surface area (TPSA) is 114 Å². The highest BCUT2D eigenvalue weighted by Gasteiger charge is 2.01. The highest BCUT2D eigenvalue weighted by Crippen LogP contribution is 1.88. The van der Waals surface area contributed by atoms with Gasteiger partial charge in [-0.05, 0) is 13.3 Å². The number of ether oxygens (including phenoxy) is 6. The minimum atomic E-state index is -0.0198. The molecule has 30 heavy (non-hydrogen) atoms. The third-order valence-electron chi connectivity index (χ3n) is 3.66. The molecule has 0 aliphatic heterocycles. The standard InChI is InChI=1S/C20H40N2O8/c1-3-21-19(23)5-9-26-11-13-28-15-17-30-18-16-29-14-12-27-10-6-20(24)22-7-4-8-25-2/h3-18H2,1-2H3,(H,21,23)(H,22,24). The maximum absolute atomic E-state index is 11.5. The van der Waals surface area contributed by atoms with Crippen LogP contribution in [0.4, 0.5) is 0 Å². The van der Waals surface area contributed by atoms with Crippen LogP contribution in [0.15, 0.2) is 0 Å². The monoisotopic (exact) mass is 436 g/mol. The third-order valence-corrected chi connectivity index (χ3v) is 3.66. The van der Waals surface area contributed by atoms with Gasteiger partial charge in [0.15, 0.2) is 0 Å². The van der Waals surface area contributed by atoms with E-state index < -0.39 is 0 Å². The van der Waals surface area contributed by atoms with Crippen LogP contribution >= 0.6 is 0 Å². The van der Waals surface area contributed by atoms with Crippen LogP contribution in [0.1, 0.15) is 26.2 Å². The summed E-state index contributed by atoms with van der Waals surface area (Å²) < 4.78 is 31.7. The van der Waals surface area contributed by atoms with E-state index in [1.165, 1.54) is 0 Å². The average Bonchev–Trinajstić information content (AvgIpc) is 2.73. The van der Waals surface area contributed by atoms with E-state index in [1.807, 2.05) is 6.92 Å². The van der Waals surface area contributed by atoms with Crippen molar-refractivity contribution in [2.24, 2.45) is 0 Å². The van der Waals surface area contributed by atoms with Gasteiger partial charge in [0.25, 0.3) is 0 Å². The lowest BCUT2D eigenvalue weighted by Crippen LogP contribution is -2.26. The van der Waals surface area contributed by atoms with E-state index in [9.17, 15) is 9.59 Å². The van der Waals surface area contributed by atoms with Crippen molar-refractivity contribution in [3.05, 3.63) is 0 Å². The molecule has 0 unspecified atom stereocenters. The quantitative estimate of drug-likeness (QED) is 0.218. The Hall–Kier alpha value is -1.30. The van der Waals surface area contributed by atoms with Gasteiger partial charge in [0.05, 0.1) is 66.1 Å². The van der Waals surface area contributed by atoms with Crippen molar-refractivity contribution >= 4 is 11.8 Å². The Morgan fingerprint density at radius 3 is 1.40 bits per heavy atom.